The van der Waals surface area contributed by atoms with Gasteiger partial charge in [0.05, 0.1) is 6.54 Å². The van der Waals surface area contributed by atoms with Crippen molar-refractivity contribution in [2.75, 3.05) is 6.54 Å². The van der Waals surface area contributed by atoms with Crippen LogP contribution < -0.4 is 10.5 Å². The molecular formula is C21H19N5O3. The lowest BCUT2D eigenvalue weighted by Crippen LogP contribution is -2.38. The fourth-order valence-corrected chi connectivity index (χ4v) is 3.31. The summed E-state index contributed by atoms with van der Waals surface area (Å²) >= 11 is 0. The number of primary amides is 1. The number of imidazole rings is 1. The Hall–Kier alpha value is -3.94. The Morgan fingerprint density at radius 1 is 1.14 bits per heavy atom. The zero-order valence-electron chi connectivity index (χ0n) is 15.6. The molecule has 0 aliphatic carbocycles. The SMILES string of the molecule is C=CC(=O)N1CCn2c(nc(-c3ccc(Oc4ccccn4)cc3)c2C(N)=O)C1. The summed E-state index contributed by atoms with van der Waals surface area (Å²) in [6.07, 6.45) is 2.92. The van der Waals surface area contributed by atoms with Crippen LogP contribution in [0.1, 0.15) is 16.3 Å². The van der Waals surface area contributed by atoms with Crippen molar-refractivity contribution in [2.24, 2.45) is 5.73 Å². The lowest BCUT2D eigenvalue weighted by Gasteiger charge is -2.27. The van der Waals surface area contributed by atoms with E-state index in [9.17, 15) is 9.59 Å². The number of ether oxygens (including phenoxy) is 1. The molecule has 4 rings (SSSR count). The summed E-state index contributed by atoms with van der Waals surface area (Å²) in [4.78, 5) is 34.4. The van der Waals surface area contributed by atoms with Gasteiger partial charge in [0.15, 0.2) is 0 Å². The molecule has 29 heavy (non-hydrogen) atoms. The number of nitrogens with zero attached hydrogens (tertiary/aromatic N) is 4. The molecule has 0 saturated carbocycles. The van der Waals surface area contributed by atoms with E-state index in [2.05, 4.69) is 16.5 Å². The highest BCUT2D eigenvalue weighted by atomic mass is 16.5. The maximum Gasteiger partial charge on any atom is 0.267 e. The van der Waals surface area contributed by atoms with Gasteiger partial charge in [-0.3, -0.25) is 9.59 Å². The Morgan fingerprint density at radius 2 is 1.93 bits per heavy atom. The number of benzene rings is 1. The number of aromatic nitrogens is 3. The maximum atomic E-state index is 12.1. The van der Waals surface area contributed by atoms with Crippen molar-refractivity contribution in [3.8, 4) is 22.9 Å². The lowest BCUT2D eigenvalue weighted by atomic mass is 10.1. The summed E-state index contributed by atoms with van der Waals surface area (Å²) in [6, 6.07) is 12.6. The molecule has 1 aromatic carbocycles. The summed E-state index contributed by atoms with van der Waals surface area (Å²) < 4.78 is 7.48. The average Bonchev–Trinajstić information content (AvgIpc) is 3.13. The van der Waals surface area contributed by atoms with E-state index in [4.69, 9.17) is 10.5 Å². The minimum atomic E-state index is -0.559. The van der Waals surface area contributed by atoms with Gasteiger partial charge in [-0.15, -0.1) is 0 Å². The van der Waals surface area contributed by atoms with Gasteiger partial charge in [0, 0.05) is 30.9 Å². The number of carbonyl (C=O) groups is 2. The van der Waals surface area contributed by atoms with E-state index in [1.54, 1.807) is 33.9 Å². The molecule has 8 heteroatoms. The molecule has 1 aliphatic rings. The summed E-state index contributed by atoms with van der Waals surface area (Å²) in [7, 11) is 0. The van der Waals surface area contributed by atoms with E-state index in [1.807, 2.05) is 24.3 Å². The van der Waals surface area contributed by atoms with Gasteiger partial charge in [0.2, 0.25) is 11.8 Å². The first kappa shape index (κ1) is 18.4. The number of fused-ring (bicyclic) bond motifs is 1. The molecule has 146 valence electrons. The maximum absolute atomic E-state index is 12.1. The normalized spacial score (nSPS) is 12.9. The second-order valence-corrected chi connectivity index (χ2v) is 6.50. The molecule has 0 saturated heterocycles. The van der Waals surface area contributed by atoms with Crippen molar-refractivity contribution >= 4 is 11.8 Å². The molecule has 0 spiro atoms. The molecule has 0 atom stereocenters. The number of nitrogens with two attached hydrogens (primary N) is 1. The largest absolute Gasteiger partial charge is 0.439 e. The van der Waals surface area contributed by atoms with Crippen LogP contribution in [0.5, 0.6) is 11.6 Å². The van der Waals surface area contributed by atoms with Crippen LogP contribution in [0.2, 0.25) is 0 Å². The summed E-state index contributed by atoms with van der Waals surface area (Å²) in [5.41, 5.74) is 7.20. The second-order valence-electron chi connectivity index (χ2n) is 6.50. The lowest BCUT2D eigenvalue weighted by molar-refractivity contribution is -0.127. The van der Waals surface area contributed by atoms with Gasteiger partial charge in [-0.1, -0.05) is 12.6 Å². The van der Waals surface area contributed by atoms with Gasteiger partial charge < -0.3 is 19.9 Å². The average molecular weight is 389 g/mol. The highest BCUT2D eigenvalue weighted by Crippen LogP contribution is 2.29. The van der Waals surface area contributed by atoms with Gasteiger partial charge >= 0.3 is 0 Å². The quantitative estimate of drug-likeness (QED) is 0.675. The Balaban J connectivity index is 1.65. The van der Waals surface area contributed by atoms with Gasteiger partial charge in [0.1, 0.15) is 23.0 Å². The van der Waals surface area contributed by atoms with E-state index >= 15 is 0 Å². The van der Waals surface area contributed by atoms with Crippen LogP contribution in [0, 0.1) is 0 Å². The minimum absolute atomic E-state index is 0.169. The van der Waals surface area contributed by atoms with Crippen molar-refractivity contribution in [2.45, 2.75) is 13.1 Å². The van der Waals surface area contributed by atoms with Crippen LogP contribution in [-0.4, -0.2) is 37.8 Å². The zero-order valence-corrected chi connectivity index (χ0v) is 15.6. The molecule has 0 radical (unpaired) electrons. The van der Waals surface area contributed by atoms with E-state index in [0.29, 0.717) is 48.5 Å². The van der Waals surface area contributed by atoms with Crippen molar-refractivity contribution in [1.82, 2.24) is 19.4 Å². The van der Waals surface area contributed by atoms with E-state index in [1.165, 1.54) is 6.08 Å². The highest BCUT2D eigenvalue weighted by Gasteiger charge is 2.28. The van der Waals surface area contributed by atoms with E-state index in [-0.39, 0.29) is 5.91 Å². The van der Waals surface area contributed by atoms with Crippen LogP contribution >= 0.6 is 0 Å². The Bertz CT molecular complexity index is 1070. The Kier molecular flexibility index (Phi) is 4.82. The van der Waals surface area contributed by atoms with Crippen LogP contribution in [0.25, 0.3) is 11.3 Å². The molecule has 2 aromatic heterocycles. The van der Waals surface area contributed by atoms with Crippen molar-refractivity contribution in [3.63, 3.8) is 0 Å². The zero-order chi connectivity index (χ0) is 20.4. The molecule has 3 heterocycles. The third kappa shape index (κ3) is 3.60. The topological polar surface area (TPSA) is 103 Å². The smallest absolute Gasteiger partial charge is 0.267 e. The van der Waals surface area contributed by atoms with Crippen molar-refractivity contribution in [1.29, 1.82) is 0 Å². The molecule has 2 N–H and O–H groups in total. The number of rotatable bonds is 5. The third-order valence-electron chi connectivity index (χ3n) is 4.68. The van der Waals surface area contributed by atoms with Gasteiger partial charge in [-0.25, -0.2) is 9.97 Å². The number of hydrogen-bond acceptors (Lipinski definition) is 5. The second kappa shape index (κ2) is 7.59. The number of hydrogen-bond donors (Lipinski definition) is 1. The van der Waals surface area contributed by atoms with Crippen LogP contribution in [-0.2, 0) is 17.9 Å². The molecule has 1 aliphatic heterocycles. The third-order valence-corrected chi connectivity index (χ3v) is 4.68. The predicted molar refractivity (Wildman–Crippen MR) is 106 cm³/mol. The van der Waals surface area contributed by atoms with Gasteiger partial charge in [0.25, 0.3) is 5.91 Å². The van der Waals surface area contributed by atoms with E-state index < -0.39 is 5.91 Å². The molecule has 0 unspecified atom stereocenters. The van der Waals surface area contributed by atoms with Crippen LogP contribution in [0.3, 0.4) is 0 Å². The fourth-order valence-electron chi connectivity index (χ4n) is 3.31. The van der Waals surface area contributed by atoms with Crippen molar-refractivity contribution < 1.29 is 14.3 Å². The molecule has 3 aromatic rings. The monoisotopic (exact) mass is 389 g/mol. The first-order valence-corrected chi connectivity index (χ1v) is 9.06. The molecule has 8 nitrogen and oxygen atoms in total. The number of amides is 2. The van der Waals surface area contributed by atoms with E-state index in [0.717, 1.165) is 5.56 Å². The number of pyridine rings is 1. The van der Waals surface area contributed by atoms with Crippen molar-refractivity contribution in [3.05, 3.63) is 72.8 Å². The highest BCUT2D eigenvalue weighted by molar-refractivity contribution is 5.97. The van der Waals surface area contributed by atoms with Crippen LogP contribution in [0.4, 0.5) is 0 Å². The minimum Gasteiger partial charge on any atom is -0.439 e. The van der Waals surface area contributed by atoms with Gasteiger partial charge in [-0.05, 0) is 36.4 Å². The molecule has 2 amide bonds. The first-order chi connectivity index (χ1) is 14.1. The first-order valence-electron chi connectivity index (χ1n) is 9.06. The number of carbonyl (C=O) groups excluding carboxylic acids is 2. The standard InChI is InChI=1S/C21H19N5O3/c1-2-18(27)25-11-12-26-16(13-25)24-19(20(26)21(22)28)14-6-8-15(9-7-14)29-17-5-3-4-10-23-17/h2-10H,1,11-13H2,(H2,22,28). The summed E-state index contributed by atoms with van der Waals surface area (Å²) in [5.74, 6) is 0.986. The predicted octanol–water partition coefficient (Wildman–Crippen LogP) is 2.36. The van der Waals surface area contributed by atoms with Crippen LogP contribution in [0.15, 0.2) is 61.3 Å². The van der Waals surface area contributed by atoms with Gasteiger partial charge in [-0.2, -0.15) is 0 Å². The molecule has 0 bridgehead atoms. The molecule has 0 fully saturated rings. The summed E-state index contributed by atoms with van der Waals surface area (Å²) in [6.45, 7) is 4.73. The molecular weight excluding hydrogens is 370 g/mol. The fraction of sp³-hybridized carbons (Fsp3) is 0.143. The Morgan fingerprint density at radius 3 is 2.59 bits per heavy atom. The summed E-state index contributed by atoms with van der Waals surface area (Å²) in [5, 5.41) is 0. The Labute approximate surface area is 167 Å².